The minimum atomic E-state index is 0.594. The van der Waals surface area contributed by atoms with Crippen molar-refractivity contribution in [3.8, 4) is 0 Å². The van der Waals surface area contributed by atoms with Crippen molar-refractivity contribution in [3.05, 3.63) is 29.8 Å². The highest BCUT2D eigenvalue weighted by molar-refractivity contribution is 5.43. The van der Waals surface area contributed by atoms with E-state index < -0.39 is 0 Å². The third-order valence-corrected chi connectivity index (χ3v) is 1.55. The third kappa shape index (κ3) is 1.95. The van der Waals surface area contributed by atoms with Gasteiger partial charge in [0.2, 0.25) is 0 Å². The number of aryl methyl sites for hydroxylation is 1. The van der Waals surface area contributed by atoms with E-state index in [-0.39, 0.29) is 0 Å². The molecule has 1 rings (SSSR count). The Kier molecular flexibility index (Phi) is 2.49. The van der Waals surface area contributed by atoms with Gasteiger partial charge in [0, 0.05) is 6.54 Å². The molecule has 1 aromatic carbocycles. The van der Waals surface area contributed by atoms with E-state index in [1.54, 1.807) is 6.07 Å². The van der Waals surface area contributed by atoms with Crippen LogP contribution in [0.25, 0.3) is 0 Å². The molecule has 0 fully saturated rings. The van der Waals surface area contributed by atoms with Crippen LogP contribution in [0.5, 0.6) is 0 Å². The minimum Gasteiger partial charge on any atom is -0.288 e. The minimum absolute atomic E-state index is 0.594. The van der Waals surface area contributed by atoms with Crippen molar-refractivity contribution in [2.45, 2.75) is 13.8 Å². The first-order valence-corrected chi connectivity index (χ1v) is 3.68. The van der Waals surface area contributed by atoms with E-state index in [9.17, 15) is 5.21 Å². The van der Waals surface area contributed by atoms with Crippen LogP contribution in [0.15, 0.2) is 18.2 Å². The van der Waals surface area contributed by atoms with Crippen molar-refractivity contribution in [1.29, 1.82) is 0 Å². The van der Waals surface area contributed by atoms with Crippen LogP contribution in [0.3, 0.4) is 0 Å². The molecule has 0 amide bonds. The summed E-state index contributed by atoms with van der Waals surface area (Å²) in [5.41, 5.74) is 1.87. The van der Waals surface area contributed by atoms with E-state index in [0.717, 1.165) is 11.3 Å². The second-order valence-corrected chi connectivity index (χ2v) is 2.45. The zero-order chi connectivity index (χ0) is 8.27. The molecule has 1 aromatic rings. The predicted octanol–water partition coefficient (Wildman–Crippen LogP) is 2.01. The number of hydrogen-bond acceptors (Lipinski definition) is 2. The maximum absolute atomic E-state index is 9.23. The molecule has 59 valence electrons. The zero-order valence-electron chi connectivity index (χ0n) is 6.83. The van der Waals surface area contributed by atoms with Crippen LogP contribution in [-0.2, 0) is 0 Å². The summed E-state index contributed by atoms with van der Waals surface area (Å²) in [4.78, 5) is 0. The lowest BCUT2D eigenvalue weighted by Gasteiger charge is -2.13. The summed E-state index contributed by atoms with van der Waals surface area (Å²) in [5, 5.41) is 10.4. The average molecular weight is 150 g/mol. The molecule has 0 bridgehead atoms. The van der Waals surface area contributed by atoms with Crippen molar-refractivity contribution in [1.82, 2.24) is 0 Å². The first-order chi connectivity index (χ1) is 5.24. The molecular weight excluding hydrogens is 138 g/mol. The van der Waals surface area contributed by atoms with Gasteiger partial charge >= 0.3 is 0 Å². The van der Waals surface area contributed by atoms with Gasteiger partial charge < -0.3 is 0 Å². The van der Waals surface area contributed by atoms with Crippen LogP contribution in [0.2, 0.25) is 0 Å². The number of rotatable bonds is 2. The number of hydrogen-bond donors (Lipinski definition) is 1. The Bertz CT molecular complexity index is 218. The predicted molar refractivity (Wildman–Crippen MR) is 44.8 cm³/mol. The average Bonchev–Trinajstić information content (AvgIpc) is 2.05. The lowest BCUT2D eigenvalue weighted by molar-refractivity contribution is 0.260. The molecule has 0 heterocycles. The van der Waals surface area contributed by atoms with Gasteiger partial charge in [-0.2, -0.15) is 0 Å². The van der Waals surface area contributed by atoms with E-state index >= 15 is 0 Å². The molecule has 2 heteroatoms. The Balaban J connectivity index is 2.81. The number of hydroxylamine groups is 1. The summed E-state index contributed by atoms with van der Waals surface area (Å²) in [6, 6.07) is 8.59. The fraction of sp³-hybridized carbons (Fsp3) is 0.333. The second-order valence-electron chi connectivity index (χ2n) is 2.45. The second kappa shape index (κ2) is 3.39. The highest BCUT2D eigenvalue weighted by Crippen LogP contribution is 2.11. The van der Waals surface area contributed by atoms with Gasteiger partial charge in [-0.3, -0.25) is 10.3 Å². The van der Waals surface area contributed by atoms with Gasteiger partial charge in [-0.15, -0.1) is 0 Å². The molecule has 0 unspecified atom stereocenters. The van der Waals surface area contributed by atoms with Crippen molar-refractivity contribution in [2.75, 3.05) is 11.6 Å². The standard InChI is InChI=1S/C9H12NO/c1-3-10(11)9-6-4-8(2)5-7-9/h4,6-7,11H,3H2,1-2H3. The van der Waals surface area contributed by atoms with E-state index in [1.807, 2.05) is 26.0 Å². The summed E-state index contributed by atoms with van der Waals surface area (Å²) in [5.74, 6) is 0. The Morgan fingerprint density at radius 1 is 1.55 bits per heavy atom. The molecule has 0 aliphatic rings. The van der Waals surface area contributed by atoms with E-state index in [0.29, 0.717) is 6.54 Å². The van der Waals surface area contributed by atoms with Gasteiger partial charge in [0.15, 0.2) is 0 Å². The highest BCUT2D eigenvalue weighted by Gasteiger charge is 1.97. The van der Waals surface area contributed by atoms with Crippen LogP contribution in [0, 0.1) is 13.0 Å². The lowest BCUT2D eigenvalue weighted by Crippen LogP contribution is -2.16. The van der Waals surface area contributed by atoms with Crippen molar-refractivity contribution in [3.63, 3.8) is 0 Å². The number of benzene rings is 1. The lowest BCUT2D eigenvalue weighted by atomic mass is 10.2. The summed E-state index contributed by atoms with van der Waals surface area (Å²) >= 11 is 0. The fourth-order valence-corrected chi connectivity index (χ4v) is 0.838. The van der Waals surface area contributed by atoms with Gasteiger partial charge in [-0.05, 0) is 37.6 Å². The Labute approximate surface area is 67.0 Å². The maximum atomic E-state index is 9.23. The van der Waals surface area contributed by atoms with Gasteiger partial charge in [-0.25, -0.2) is 0 Å². The number of nitrogens with zero attached hydrogens (tertiary/aromatic N) is 1. The molecular formula is C9H12NO. The first-order valence-electron chi connectivity index (χ1n) is 3.68. The molecule has 0 saturated carbocycles. The van der Waals surface area contributed by atoms with Crippen molar-refractivity contribution < 1.29 is 5.21 Å². The molecule has 0 aromatic heterocycles. The maximum Gasteiger partial charge on any atom is 0.0640 e. The van der Waals surface area contributed by atoms with Gasteiger partial charge in [0.1, 0.15) is 0 Å². The fourth-order valence-electron chi connectivity index (χ4n) is 0.838. The highest BCUT2D eigenvalue weighted by atomic mass is 16.5. The van der Waals surface area contributed by atoms with E-state index in [4.69, 9.17) is 0 Å². The van der Waals surface area contributed by atoms with Gasteiger partial charge in [0.25, 0.3) is 0 Å². The zero-order valence-corrected chi connectivity index (χ0v) is 6.83. The third-order valence-electron chi connectivity index (χ3n) is 1.55. The SMILES string of the molecule is CCN(O)c1c[c]c(C)cc1. The molecule has 0 saturated heterocycles. The van der Waals surface area contributed by atoms with E-state index in [1.165, 1.54) is 5.06 Å². The first kappa shape index (κ1) is 8.08. The Morgan fingerprint density at radius 3 is 2.73 bits per heavy atom. The van der Waals surface area contributed by atoms with Crippen LogP contribution >= 0.6 is 0 Å². The molecule has 0 spiro atoms. The monoisotopic (exact) mass is 150 g/mol. The van der Waals surface area contributed by atoms with Crippen LogP contribution in [0.1, 0.15) is 12.5 Å². The van der Waals surface area contributed by atoms with Crippen LogP contribution in [-0.4, -0.2) is 11.8 Å². The summed E-state index contributed by atoms with van der Waals surface area (Å²) in [6.45, 7) is 4.45. The molecule has 1 radical (unpaired) electrons. The summed E-state index contributed by atoms with van der Waals surface area (Å²) in [6.07, 6.45) is 0. The summed E-state index contributed by atoms with van der Waals surface area (Å²) < 4.78 is 0. The van der Waals surface area contributed by atoms with Crippen LogP contribution in [0.4, 0.5) is 5.69 Å². The molecule has 0 aliphatic heterocycles. The van der Waals surface area contributed by atoms with Gasteiger partial charge in [0.05, 0.1) is 5.69 Å². The Morgan fingerprint density at radius 2 is 2.27 bits per heavy atom. The molecule has 0 aliphatic carbocycles. The number of anilines is 1. The van der Waals surface area contributed by atoms with E-state index in [2.05, 4.69) is 6.07 Å². The van der Waals surface area contributed by atoms with Gasteiger partial charge in [-0.1, -0.05) is 6.07 Å². The molecule has 11 heavy (non-hydrogen) atoms. The smallest absolute Gasteiger partial charge is 0.0640 e. The van der Waals surface area contributed by atoms with Crippen LogP contribution < -0.4 is 5.06 Å². The largest absolute Gasteiger partial charge is 0.288 e. The quantitative estimate of drug-likeness (QED) is 0.652. The molecule has 0 atom stereocenters. The normalized spacial score (nSPS) is 9.73. The molecule has 1 N–H and O–H groups in total. The topological polar surface area (TPSA) is 23.5 Å². The Hall–Kier alpha value is -1.02. The summed E-state index contributed by atoms with van der Waals surface area (Å²) in [7, 11) is 0. The molecule has 2 nitrogen and oxygen atoms in total. The van der Waals surface area contributed by atoms with Crippen molar-refractivity contribution >= 4 is 5.69 Å². The van der Waals surface area contributed by atoms with Crippen molar-refractivity contribution in [2.24, 2.45) is 0 Å².